The maximum absolute atomic E-state index is 12.8. The fourth-order valence-corrected chi connectivity index (χ4v) is 4.18. The summed E-state index contributed by atoms with van der Waals surface area (Å²) < 4.78 is 0. The van der Waals surface area contributed by atoms with E-state index in [9.17, 15) is 9.90 Å². The van der Waals surface area contributed by atoms with E-state index in [0.717, 1.165) is 24.9 Å². The van der Waals surface area contributed by atoms with Gasteiger partial charge >= 0.3 is 0 Å². The second-order valence-corrected chi connectivity index (χ2v) is 8.55. The standard InChI is InChI=1S/C25H35N3O2/c1-19-12-14-20(15-13-19)16-17-28(22-10-6-3-7-11-22)27-25(30)24(29)23(26)18-21-8-4-2-5-9-21/h3,6-7,10-15,21,23-24,29H,2,4-5,8-9,16-18,26H2,1H3,(H,27,30)/t23-,24?/m1/s1. The lowest BCUT2D eigenvalue weighted by Crippen LogP contribution is -2.53. The molecule has 4 N–H and O–H groups in total. The maximum atomic E-state index is 12.8. The van der Waals surface area contributed by atoms with E-state index in [4.69, 9.17) is 5.73 Å². The Bertz CT molecular complexity index is 773. The summed E-state index contributed by atoms with van der Waals surface area (Å²) >= 11 is 0. The molecular formula is C25H35N3O2. The number of aryl methyl sites for hydroxylation is 1. The van der Waals surface area contributed by atoms with Crippen molar-refractivity contribution in [3.8, 4) is 0 Å². The zero-order chi connectivity index (χ0) is 21.3. The first-order valence-electron chi connectivity index (χ1n) is 11.1. The number of para-hydroxylation sites is 1. The summed E-state index contributed by atoms with van der Waals surface area (Å²) in [4.78, 5) is 12.8. The summed E-state index contributed by atoms with van der Waals surface area (Å²) in [6.45, 7) is 2.67. The molecule has 0 spiro atoms. The van der Waals surface area contributed by atoms with Crippen LogP contribution in [-0.4, -0.2) is 29.7 Å². The largest absolute Gasteiger partial charge is 0.382 e. The fraction of sp³-hybridized carbons (Fsp3) is 0.480. The first-order valence-corrected chi connectivity index (χ1v) is 11.1. The summed E-state index contributed by atoms with van der Waals surface area (Å²) in [6, 6.07) is 17.6. The van der Waals surface area contributed by atoms with Gasteiger partial charge in [-0.1, -0.05) is 80.1 Å². The van der Waals surface area contributed by atoms with Gasteiger partial charge in [-0.2, -0.15) is 0 Å². The Labute approximate surface area is 180 Å². The first kappa shape index (κ1) is 22.3. The van der Waals surface area contributed by atoms with Crippen molar-refractivity contribution < 1.29 is 9.90 Å². The summed E-state index contributed by atoms with van der Waals surface area (Å²) in [5.41, 5.74) is 12.4. The smallest absolute Gasteiger partial charge is 0.268 e. The zero-order valence-corrected chi connectivity index (χ0v) is 18.0. The van der Waals surface area contributed by atoms with Gasteiger partial charge in [0.15, 0.2) is 0 Å². The van der Waals surface area contributed by atoms with Crippen LogP contribution in [0.25, 0.3) is 0 Å². The second kappa shape index (κ2) is 11.1. The topological polar surface area (TPSA) is 78.6 Å². The minimum atomic E-state index is -1.21. The second-order valence-electron chi connectivity index (χ2n) is 8.55. The van der Waals surface area contributed by atoms with Crippen molar-refractivity contribution in [3.63, 3.8) is 0 Å². The quantitative estimate of drug-likeness (QED) is 0.552. The van der Waals surface area contributed by atoms with Crippen LogP contribution in [0.3, 0.4) is 0 Å². The summed E-state index contributed by atoms with van der Waals surface area (Å²) in [7, 11) is 0. The Morgan fingerprint density at radius 3 is 2.43 bits per heavy atom. The molecular weight excluding hydrogens is 374 g/mol. The van der Waals surface area contributed by atoms with Gasteiger partial charge in [0.2, 0.25) is 0 Å². The van der Waals surface area contributed by atoms with E-state index in [0.29, 0.717) is 18.9 Å². The Morgan fingerprint density at radius 2 is 1.77 bits per heavy atom. The van der Waals surface area contributed by atoms with E-state index < -0.39 is 18.1 Å². The van der Waals surface area contributed by atoms with Crippen LogP contribution < -0.4 is 16.2 Å². The number of benzene rings is 2. The van der Waals surface area contributed by atoms with Gasteiger partial charge in [0.05, 0.1) is 5.69 Å². The first-order chi connectivity index (χ1) is 14.5. The number of hydrogen-bond donors (Lipinski definition) is 3. The van der Waals surface area contributed by atoms with Gasteiger partial charge in [0.1, 0.15) is 6.10 Å². The van der Waals surface area contributed by atoms with E-state index in [-0.39, 0.29) is 0 Å². The zero-order valence-electron chi connectivity index (χ0n) is 18.0. The molecule has 1 aliphatic rings. The Kier molecular flexibility index (Phi) is 8.29. The number of aliphatic hydroxyl groups excluding tert-OH is 1. The average Bonchev–Trinajstić information content (AvgIpc) is 2.78. The number of nitrogens with one attached hydrogen (secondary N) is 1. The summed E-state index contributed by atoms with van der Waals surface area (Å²) in [5, 5.41) is 12.4. The molecule has 5 nitrogen and oxygen atoms in total. The lowest BCUT2D eigenvalue weighted by Gasteiger charge is -2.30. The number of hydrazine groups is 1. The number of rotatable bonds is 9. The molecule has 30 heavy (non-hydrogen) atoms. The molecule has 0 bridgehead atoms. The van der Waals surface area contributed by atoms with Crippen molar-refractivity contribution in [2.75, 3.05) is 11.6 Å². The third-order valence-electron chi connectivity index (χ3n) is 6.06. The number of anilines is 1. The monoisotopic (exact) mass is 409 g/mol. The van der Waals surface area contributed by atoms with E-state index in [1.165, 1.54) is 30.4 Å². The van der Waals surface area contributed by atoms with Gasteiger partial charge in [-0.25, -0.2) is 0 Å². The summed E-state index contributed by atoms with van der Waals surface area (Å²) in [6.07, 6.45) is 6.28. The highest BCUT2D eigenvalue weighted by Crippen LogP contribution is 2.27. The van der Waals surface area contributed by atoms with Crippen LogP contribution in [0.5, 0.6) is 0 Å². The van der Waals surface area contributed by atoms with E-state index in [2.05, 4.69) is 36.6 Å². The van der Waals surface area contributed by atoms with E-state index in [1.54, 1.807) is 5.01 Å². The van der Waals surface area contributed by atoms with Crippen LogP contribution in [0.1, 0.15) is 49.7 Å². The predicted octanol–water partition coefficient (Wildman–Crippen LogP) is 3.73. The van der Waals surface area contributed by atoms with Crippen LogP contribution in [0.2, 0.25) is 0 Å². The summed E-state index contributed by atoms with van der Waals surface area (Å²) in [5.74, 6) is 0.0778. The van der Waals surface area contributed by atoms with Crippen LogP contribution in [0.4, 0.5) is 5.69 Å². The molecule has 5 heteroatoms. The predicted molar refractivity (Wildman–Crippen MR) is 122 cm³/mol. The number of nitrogens with zero attached hydrogens (tertiary/aromatic N) is 1. The molecule has 0 radical (unpaired) electrons. The molecule has 0 aliphatic heterocycles. The highest BCUT2D eigenvalue weighted by molar-refractivity contribution is 5.82. The molecule has 1 amide bonds. The van der Waals surface area contributed by atoms with Gasteiger partial charge in [-0.3, -0.25) is 15.2 Å². The highest BCUT2D eigenvalue weighted by atomic mass is 16.3. The number of nitrogens with two attached hydrogens (primary N) is 1. The van der Waals surface area contributed by atoms with E-state index >= 15 is 0 Å². The Hall–Kier alpha value is -2.37. The third-order valence-corrected chi connectivity index (χ3v) is 6.06. The van der Waals surface area contributed by atoms with Crippen molar-refractivity contribution >= 4 is 11.6 Å². The molecule has 1 aliphatic carbocycles. The molecule has 0 saturated heterocycles. The number of aliphatic hydroxyl groups is 1. The van der Waals surface area contributed by atoms with Crippen molar-refractivity contribution in [2.24, 2.45) is 11.7 Å². The molecule has 2 aromatic carbocycles. The fourth-order valence-electron chi connectivity index (χ4n) is 4.18. The minimum Gasteiger partial charge on any atom is -0.382 e. The molecule has 0 heterocycles. The number of carbonyl (C=O) groups excluding carboxylic acids is 1. The Balaban J connectivity index is 1.61. The highest BCUT2D eigenvalue weighted by Gasteiger charge is 2.27. The molecule has 2 atom stereocenters. The van der Waals surface area contributed by atoms with E-state index in [1.807, 2.05) is 30.3 Å². The van der Waals surface area contributed by atoms with Crippen molar-refractivity contribution in [3.05, 3.63) is 65.7 Å². The molecule has 0 aromatic heterocycles. The Morgan fingerprint density at radius 1 is 1.10 bits per heavy atom. The minimum absolute atomic E-state index is 0.439. The van der Waals surface area contributed by atoms with Gasteiger partial charge in [-0.05, 0) is 43.4 Å². The molecule has 1 saturated carbocycles. The molecule has 3 rings (SSSR count). The SMILES string of the molecule is Cc1ccc(CCN(NC(=O)C(O)[C@H](N)CC2CCCCC2)c2ccccc2)cc1. The average molecular weight is 410 g/mol. The van der Waals surface area contributed by atoms with Crippen molar-refractivity contribution in [2.45, 2.75) is 64.0 Å². The van der Waals surface area contributed by atoms with Crippen LogP contribution >= 0.6 is 0 Å². The molecule has 1 fully saturated rings. The molecule has 1 unspecified atom stereocenters. The van der Waals surface area contributed by atoms with Gasteiger partial charge in [0.25, 0.3) is 5.91 Å². The van der Waals surface area contributed by atoms with Crippen LogP contribution in [-0.2, 0) is 11.2 Å². The maximum Gasteiger partial charge on any atom is 0.268 e. The van der Waals surface area contributed by atoms with Crippen molar-refractivity contribution in [1.82, 2.24) is 5.43 Å². The molecule has 162 valence electrons. The number of carbonyl (C=O) groups is 1. The van der Waals surface area contributed by atoms with Gasteiger partial charge in [0, 0.05) is 12.6 Å². The van der Waals surface area contributed by atoms with Gasteiger partial charge in [-0.15, -0.1) is 0 Å². The number of amides is 1. The van der Waals surface area contributed by atoms with Crippen LogP contribution in [0, 0.1) is 12.8 Å². The third kappa shape index (κ3) is 6.57. The lowest BCUT2D eigenvalue weighted by atomic mass is 9.84. The van der Waals surface area contributed by atoms with Crippen molar-refractivity contribution in [1.29, 1.82) is 0 Å². The van der Waals surface area contributed by atoms with Crippen LogP contribution in [0.15, 0.2) is 54.6 Å². The number of hydrogen-bond acceptors (Lipinski definition) is 4. The molecule has 2 aromatic rings. The normalized spacial score (nSPS) is 16.6. The van der Waals surface area contributed by atoms with Gasteiger partial charge < -0.3 is 10.8 Å². The lowest BCUT2D eigenvalue weighted by molar-refractivity contribution is -0.130.